The average Bonchev–Trinajstić information content (AvgIpc) is 2.96. The highest BCUT2D eigenvalue weighted by Gasteiger charge is 2.36. The molecule has 0 aliphatic carbocycles. The molecule has 2 atom stereocenters. The number of carboxylic acid groups (broad SMARTS) is 1. The molecule has 0 spiro atoms. The molecular formula is C12H11NO2S. The lowest BCUT2D eigenvalue weighted by Crippen LogP contribution is -2.19. The maximum absolute atomic E-state index is 11.2. The largest absolute Gasteiger partial charge is 0.481 e. The van der Waals surface area contributed by atoms with E-state index in [-0.39, 0.29) is 6.04 Å². The number of hydrogen-bond donors (Lipinski definition) is 2. The van der Waals surface area contributed by atoms with Crippen LogP contribution in [0.3, 0.4) is 0 Å². The van der Waals surface area contributed by atoms with Crippen molar-refractivity contribution >= 4 is 27.4 Å². The molecule has 2 heterocycles. The predicted molar refractivity (Wildman–Crippen MR) is 64.0 cm³/mol. The summed E-state index contributed by atoms with van der Waals surface area (Å²) >= 11 is 1.68. The number of carboxylic acids is 1. The summed E-state index contributed by atoms with van der Waals surface area (Å²) in [6, 6.07) is 8.06. The molecule has 16 heavy (non-hydrogen) atoms. The quantitative estimate of drug-likeness (QED) is 0.797. The number of benzene rings is 1. The molecular weight excluding hydrogens is 222 g/mol. The normalized spacial score (nSPS) is 20.9. The third-order valence-corrected chi connectivity index (χ3v) is 3.84. The molecule has 3 nitrogen and oxygen atoms in total. The van der Waals surface area contributed by atoms with Crippen LogP contribution in [0.1, 0.15) is 11.5 Å². The minimum atomic E-state index is -0.746. The number of fused-ring (bicyclic) bond motifs is 1. The van der Waals surface area contributed by atoms with Crippen molar-refractivity contribution in [2.75, 3.05) is 6.54 Å². The van der Waals surface area contributed by atoms with Gasteiger partial charge in [-0.1, -0.05) is 6.07 Å². The number of aliphatic carboxylic acids is 1. The molecule has 0 bridgehead atoms. The Balaban J connectivity index is 2.05. The summed E-state index contributed by atoms with van der Waals surface area (Å²) in [5, 5.41) is 15.5. The van der Waals surface area contributed by atoms with Gasteiger partial charge in [0, 0.05) is 17.3 Å². The topological polar surface area (TPSA) is 59.2 Å². The SMILES string of the molecule is O=C(O)C(c1ccc2sccc2c1)C1CN1. The maximum atomic E-state index is 11.2. The molecule has 0 amide bonds. The second-order valence-electron chi connectivity index (χ2n) is 4.05. The number of hydrogen-bond acceptors (Lipinski definition) is 3. The molecule has 1 aromatic heterocycles. The lowest BCUT2D eigenvalue weighted by molar-refractivity contribution is -0.138. The molecule has 0 radical (unpaired) electrons. The Morgan fingerprint density at radius 1 is 1.50 bits per heavy atom. The van der Waals surface area contributed by atoms with Crippen molar-refractivity contribution in [2.45, 2.75) is 12.0 Å². The van der Waals surface area contributed by atoms with Crippen molar-refractivity contribution < 1.29 is 9.90 Å². The van der Waals surface area contributed by atoms with Gasteiger partial charge in [0.25, 0.3) is 0 Å². The smallest absolute Gasteiger partial charge is 0.312 e. The molecule has 1 aliphatic rings. The van der Waals surface area contributed by atoms with Gasteiger partial charge in [0.1, 0.15) is 0 Å². The monoisotopic (exact) mass is 233 g/mol. The Hall–Kier alpha value is -1.39. The number of rotatable bonds is 3. The van der Waals surface area contributed by atoms with Gasteiger partial charge >= 0.3 is 5.97 Å². The molecule has 1 fully saturated rings. The van der Waals surface area contributed by atoms with E-state index in [1.807, 2.05) is 29.6 Å². The van der Waals surface area contributed by atoms with Crippen LogP contribution < -0.4 is 5.32 Å². The average molecular weight is 233 g/mol. The van der Waals surface area contributed by atoms with E-state index in [0.29, 0.717) is 0 Å². The first kappa shape index (κ1) is 9.81. The zero-order chi connectivity index (χ0) is 11.1. The summed E-state index contributed by atoms with van der Waals surface area (Å²) in [5.41, 5.74) is 0.897. The fraction of sp³-hybridized carbons (Fsp3) is 0.250. The van der Waals surface area contributed by atoms with Crippen LogP contribution >= 0.6 is 11.3 Å². The van der Waals surface area contributed by atoms with E-state index < -0.39 is 11.9 Å². The summed E-state index contributed by atoms with van der Waals surface area (Å²) in [6.07, 6.45) is 0. The van der Waals surface area contributed by atoms with Crippen molar-refractivity contribution in [3.8, 4) is 0 Å². The minimum Gasteiger partial charge on any atom is -0.481 e. The Morgan fingerprint density at radius 2 is 2.31 bits per heavy atom. The van der Waals surface area contributed by atoms with Gasteiger partial charge in [0.15, 0.2) is 0 Å². The summed E-state index contributed by atoms with van der Waals surface area (Å²) in [7, 11) is 0. The van der Waals surface area contributed by atoms with Crippen LogP contribution in [-0.4, -0.2) is 23.7 Å². The van der Waals surface area contributed by atoms with Crippen LogP contribution in [-0.2, 0) is 4.79 Å². The van der Waals surface area contributed by atoms with Gasteiger partial charge in [-0.25, -0.2) is 0 Å². The lowest BCUT2D eigenvalue weighted by atomic mass is 9.95. The van der Waals surface area contributed by atoms with E-state index in [2.05, 4.69) is 5.32 Å². The number of nitrogens with one attached hydrogen (secondary N) is 1. The molecule has 3 rings (SSSR count). The van der Waals surface area contributed by atoms with E-state index in [1.165, 1.54) is 4.70 Å². The zero-order valence-electron chi connectivity index (χ0n) is 8.51. The standard InChI is InChI=1S/C12H11NO2S/c14-12(15)11(9-6-13-9)8-1-2-10-7(5-8)3-4-16-10/h1-5,9,11,13H,6H2,(H,14,15). The van der Waals surface area contributed by atoms with Gasteiger partial charge in [0.05, 0.1) is 5.92 Å². The highest BCUT2D eigenvalue weighted by molar-refractivity contribution is 7.17. The molecule has 1 aromatic carbocycles. The van der Waals surface area contributed by atoms with E-state index in [0.717, 1.165) is 17.5 Å². The van der Waals surface area contributed by atoms with Crippen LogP contribution in [0.5, 0.6) is 0 Å². The molecule has 1 saturated heterocycles. The molecule has 2 aromatic rings. The second-order valence-corrected chi connectivity index (χ2v) is 5.00. The molecule has 82 valence electrons. The fourth-order valence-electron chi connectivity index (χ4n) is 2.03. The summed E-state index contributed by atoms with van der Waals surface area (Å²) in [4.78, 5) is 11.2. The molecule has 2 N–H and O–H groups in total. The minimum absolute atomic E-state index is 0.105. The Kier molecular flexibility index (Phi) is 2.19. The van der Waals surface area contributed by atoms with E-state index in [4.69, 9.17) is 0 Å². The van der Waals surface area contributed by atoms with E-state index in [9.17, 15) is 9.90 Å². The summed E-state index contributed by atoms with van der Waals surface area (Å²) < 4.78 is 1.21. The first-order valence-corrected chi connectivity index (χ1v) is 6.07. The fourth-order valence-corrected chi connectivity index (χ4v) is 2.80. The van der Waals surface area contributed by atoms with Gasteiger partial charge in [0.2, 0.25) is 0 Å². The lowest BCUT2D eigenvalue weighted by Gasteiger charge is -2.10. The van der Waals surface area contributed by atoms with Gasteiger partial charge in [-0.3, -0.25) is 4.79 Å². The summed E-state index contributed by atoms with van der Waals surface area (Å²) in [5.74, 6) is -1.16. The first-order valence-electron chi connectivity index (χ1n) is 5.19. The molecule has 2 unspecified atom stereocenters. The van der Waals surface area contributed by atoms with Gasteiger partial charge in [-0.15, -0.1) is 11.3 Å². The number of thiophene rings is 1. The van der Waals surface area contributed by atoms with Gasteiger partial charge in [-0.2, -0.15) is 0 Å². The highest BCUT2D eigenvalue weighted by atomic mass is 32.1. The van der Waals surface area contributed by atoms with Crippen LogP contribution in [0, 0.1) is 0 Å². The maximum Gasteiger partial charge on any atom is 0.312 e. The first-order chi connectivity index (χ1) is 7.75. The van der Waals surface area contributed by atoms with Crippen LogP contribution in [0.25, 0.3) is 10.1 Å². The van der Waals surface area contributed by atoms with Crippen LogP contribution in [0.2, 0.25) is 0 Å². The van der Waals surface area contributed by atoms with Crippen molar-refractivity contribution in [3.63, 3.8) is 0 Å². The van der Waals surface area contributed by atoms with Gasteiger partial charge in [-0.05, 0) is 34.5 Å². The van der Waals surface area contributed by atoms with Crippen molar-refractivity contribution in [3.05, 3.63) is 35.2 Å². The zero-order valence-corrected chi connectivity index (χ0v) is 9.33. The summed E-state index contributed by atoms with van der Waals surface area (Å²) in [6.45, 7) is 0.804. The van der Waals surface area contributed by atoms with Crippen molar-refractivity contribution in [2.24, 2.45) is 0 Å². The van der Waals surface area contributed by atoms with Crippen molar-refractivity contribution in [1.82, 2.24) is 5.32 Å². The molecule has 4 heteroatoms. The molecule has 0 saturated carbocycles. The third kappa shape index (κ3) is 1.60. The molecule has 1 aliphatic heterocycles. The number of carbonyl (C=O) groups is 1. The Bertz CT molecular complexity index is 545. The predicted octanol–water partition coefficient (Wildman–Crippen LogP) is 2.04. The third-order valence-electron chi connectivity index (χ3n) is 2.94. The highest BCUT2D eigenvalue weighted by Crippen LogP contribution is 2.29. The van der Waals surface area contributed by atoms with Gasteiger partial charge < -0.3 is 10.4 Å². The van der Waals surface area contributed by atoms with E-state index in [1.54, 1.807) is 11.3 Å². The van der Waals surface area contributed by atoms with Crippen molar-refractivity contribution in [1.29, 1.82) is 0 Å². The van der Waals surface area contributed by atoms with Crippen LogP contribution in [0.15, 0.2) is 29.6 Å². The Morgan fingerprint density at radius 3 is 3.00 bits per heavy atom. The van der Waals surface area contributed by atoms with E-state index >= 15 is 0 Å². The van der Waals surface area contributed by atoms with Crippen LogP contribution in [0.4, 0.5) is 0 Å². The second kappa shape index (κ2) is 3.57. The Labute approximate surface area is 96.7 Å².